The maximum atomic E-state index is 12.7. The minimum Gasteiger partial charge on any atom is -0.378 e. The number of rotatable bonds is 6. The van der Waals surface area contributed by atoms with Crippen molar-refractivity contribution < 1.29 is 23.1 Å². The molecule has 1 heterocycles. The molecule has 0 aromatic heterocycles. The van der Waals surface area contributed by atoms with Crippen molar-refractivity contribution in [3.8, 4) is 0 Å². The number of thioether (sulfide) groups is 1. The maximum Gasteiger partial charge on any atom is 0.288 e. The monoisotopic (exact) mass is 406 g/mol. The molecule has 0 radical (unpaired) electrons. The van der Waals surface area contributed by atoms with E-state index in [1.807, 2.05) is 0 Å². The fourth-order valence-electron chi connectivity index (χ4n) is 2.86. The molecular weight excluding hydrogens is 386 g/mol. The quantitative estimate of drug-likeness (QED) is 0.744. The van der Waals surface area contributed by atoms with Gasteiger partial charge in [-0.2, -0.15) is 8.78 Å². The summed E-state index contributed by atoms with van der Waals surface area (Å²) in [4.78, 5) is 26.7. The van der Waals surface area contributed by atoms with Crippen LogP contribution in [0.2, 0.25) is 0 Å². The molecule has 1 N–H and O–H groups in total. The number of ether oxygens (including phenoxy) is 1. The summed E-state index contributed by atoms with van der Waals surface area (Å²) < 4.78 is 30.6. The number of hydrogen-bond acceptors (Lipinski definition) is 4. The predicted molar refractivity (Wildman–Crippen MR) is 104 cm³/mol. The highest BCUT2D eigenvalue weighted by Crippen LogP contribution is 2.28. The van der Waals surface area contributed by atoms with Gasteiger partial charge in [-0.25, -0.2) is 0 Å². The highest BCUT2D eigenvalue weighted by molar-refractivity contribution is 7.99. The molecule has 0 atom stereocenters. The zero-order valence-electron chi connectivity index (χ0n) is 15.1. The Hall–Kier alpha value is -2.45. The van der Waals surface area contributed by atoms with Crippen molar-refractivity contribution in [3.63, 3.8) is 0 Å². The number of nitrogens with one attached hydrogen (secondary N) is 1. The number of benzene rings is 2. The summed E-state index contributed by atoms with van der Waals surface area (Å²) in [5, 5.41) is 2.71. The van der Waals surface area contributed by atoms with Crippen molar-refractivity contribution >= 4 is 29.3 Å². The number of alkyl halides is 2. The van der Waals surface area contributed by atoms with Crippen LogP contribution in [0.25, 0.3) is 0 Å². The first-order chi connectivity index (χ1) is 13.5. The molecule has 1 aliphatic rings. The molecule has 1 fully saturated rings. The van der Waals surface area contributed by atoms with Gasteiger partial charge < -0.3 is 15.0 Å². The standard InChI is InChI=1S/C20H20F2N2O3S/c21-20(22)28-17-4-2-1-3-16(17)19(26)23-15-7-5-14(6-8-15)13-18(25)24-9-11-27-12-10-24/h1-8,20H,9-13H2,(H,23,26). The minimum absolute atomic E-state index is 0.0398. The van der Waals surface area contributed by atoms with E-state index in [9.17, 15) is 18.4 Å². The average molecular weight is 406 g/mol. The van der Waals surface area contributed by atoms with E-state index in [1.165, 1.54) is 12.1 Å². The normalized spacial score (nSPS) is 14.2. The van der Waals surface area contributed by atoms with Gasteiger partial charge in [-0.3, -0.25) is 9.59 Å². The molecule has 2 amide bonds. The summed E-state index contributed by atoms with van der Waals surface area (Å²) in [6.45, 7) is 2.32. The van der Waals surface area contributed by atoms with Gasteiger partial charge in [0.15, 0.2) is 0 Å². The summed E-state index contributed by atoms with van der Waals surface area (Å²) >= 11 is 0.342. The topological polar surface area (TPSA) is 58.6 Å². The SMILES string of the molecule is O=C(Nc1ccc(CC(=O)N2CCOCC2)cc1)c1ccccc1SC(F)F. The van der Waals surface area contributed by atoms with E-state index in [1.54, 1.807) is 41.3 Å². The highest BCUT2D eigenvalue weighted by Gasteiger charge is 2.18. The fraction of sp³-hybridized carbons (Fsp3) is 0.300. The Bertz CT molecular complexity index is 824. The molecule has 3 rings (SSSR count). The summed E-state index contributed by atoms with van der Waals surface area (Å²) in [6.07, 6.45) is 0.280. The van der Waals surface area contributed by atoms with Crippen LogP contribution in [-0.4, -0.2) is 48.8 Å². The van der Waals surface area contributed by atoms with Gasteiger partial charge in [-0.1, -0.05) is 36.0 Å². The van der Waals surface area contributed by atoms with Crippen molar-refractivity contribution in [1.29, 1.82) is 0 Å². The molecule has 2 aromatic carbocycles. The molecule has 148 valence electrons. The van der Waals surface area contributed by atoms with Gasteiger partial charge in [0.05, 0.1) is 25.2 Å². The molecule has 8 heteroatoms. The number of anilines is 1. The van der Waals surface area contributed by atoms with Gasteiger partial charge in [-0.15, -0.1) is 0 Å². The van der Waals surface area contributed by atoms with Crippen LogP contribution >= 0.6 is 11.8 Å². The second kappa shape index (κ2) is 9.66. The molecular formula is C20H20F2N2O3S. The Kier molecular flexibility index (Phi) is 7.00. The summed E-state index contributed by atoms with van der Waals surface area (Å²) in [5.74, 6) is -3.02. The molecule has 0 saturated carbocycles. The Morgan fingerprint density at radius 1 is 1.07 bits per heavy atom. The summed E-state index contributed by atoms with van der Waals surface area (Å²) in [7, 11) is 0. The predicted octanol–water partition coefficient (Wildman–Crippen LogP) is 3.65. The minimum atomic E-state index is -2.60. The number of nitrogens with zero attached hydrogens (tertiary/aromatic N) is 1. The van der Waals surface area contributed by atoms with E-state index < -0.39 is 11.7 Å². The first-order valence-corrected chi connectivity index (χ1v) is 9.70. The number of hydrogen-bond donors (Lipinski definition) is 1. The average Bonchev–Trinajstić information content (AvgIpc) is 2.70. The molecule has 0 unspecified atom stereocenters. The number of amides is 2. The Morgan fingerprint density at radius 2 is 1.75 bits per heavy atom. The van der Waals surface area contributed by atoms with Gasteiger partial charge in [0.2, 0.25) is 5.91 Å². The number of carbonyl (C=O) groups is 2. The van der Waals surface area contributed by atoms with E-state index in [0.29, 0.717) is 43.8 Å². The molecule has 0 bridgehead atoms. The number of carbonyl (C=O) groups excluding carboxylic acids is 2. The lowest BCUT2D eigenvalue weighted by molar-refractivity contribution is -0.134. The van der Waals surface area contributed by atoms with Crippen molar-refractivity contribution in [2.24, 2.45) is 0 Å². The van der Waals surface area contributed by atoms with Crippen molar-refractivity contribution in [3.05, 3.63) is 59.7 Å². The smallest absolute Gasteiger partial charge is 0.288 e. The van der Waals surface area contributed by atoms with Gasteiger partial charge in [0.1, 0.15) is 0 Å². The second-order valence-corrected chi connectivity index (χ2v) is 7.23. The summed E-state index contributed by atoms with van der Waals surface area (Å²) in [5.41, 5.74) is 1.56. The molecule has 1 saturated heterocycles. The molecule has 5 nitrogen and oxygen atoms in total. The van der Waals surface area contributed by atoms with E-state index in [2.05, 4.69) is 5.32 Å². The van der Waals surface area contributed by atoms with Gasteiger partial charge in [-0.05, 0) is 29.8 Å². The third-order valence-corrected chi connectivity index (χ3v) is 5.07. The van der Waals surface area contributed by atoms with Crippen molar-refractivity contribution in [1.82, 2.24) is 4.90 Å². The Labute approximate surface area is 166 Å². The van der Waals surface area contributed by atoms with E-state index >= 15 is 0 Å². The molecule has 0 aliphatic carbocycles. The van der Waals surface area contributed by atoms with Gasteiger partial charge >= 0.3 is 0 Å². The lowest BCUT2D eigenvalue weighted by atomic mass is 10.1. The number of halogens is 2. The van der Waals surface area contributed by atoms with Crippen LogP contribution < -0.4 is 5.32 Å². The van der Waals surface area contributed by atoms with E-state index in [-0.39, 0.29) is 22.8 Å². The van der Waals surface area contributed by atoms with Crippen LogP contribution in [-0.2, 0) is 16.0 Å². The third-order valence-electron chi connectivity index (χ3n) is 4.28. The molecule has 0 spiro atoms. The van der Waals surface area contributed by atoms with E-state index in [4.69, 9.17) is 4.74 Å². The van der Waals surface area contributed by atoms with Crippen molar-refractivity contribution in [2.45, 2.75) is 17.1 Å². The first-order valence-electron chi connectivity index (χ1n) is 8.82. The van der Waals surface area contributed by atoms with Crippen LogP contribution in [0.15, 0.2) is 53.4 Å². The largest absolute Gasteiger partial charge is 0.378 e. The second-order valence-electron chi connectivity index (χ2n) is 6.20. The summed E-state index contributed by atoms with van der Waals surface area (Å²) in [6, 6.07) is 13.2. The molecule has 2 aromatic rings. The third kappa shape index (κ3) is 5.53. The maximum absolute atomic E-state index is 12.7. The lowest BCUT2D eigenvalue weighted by Crippen LogP contribution is -2.41. The molecule has 28 heavy (non-hydrogen) atoms. The molecule has 1 aliphatic heterocycles. The Balaban J connectivity index is 1.61. The Morgan fingerprint density at radius 3 is 2.43 bits per heavy atom. The zero-order valence-corrected chi connectivity index (χ0v) is 15.9. The van der Waals surface area contributed by atoms with Gasteiger partial charge in [0.25, 0.3) is 11.7 Å². The fourth-order valence-corrected chi connectivity index (χ4v) is 3.49. The van der Waals surface area contributed by atoms with Crippen LogP contribution in [0.4, 0.5) is 14.5 Å². The van der Waals surface area contributed by atoms with Crippen LogP contribution in [0, 0.1) is 0 Å². The zero-order chi connectivity index (χ0) is 19.9. The first kappa shape index (κ1) is 20.3. The highest BCUT2D eigenvalue weighted by atomic mass is 32.2. The van der Waals surface area contributed by atoms with Crippen LogP contribution in [0.1, 0.15) is 15.9 Å². The van der Waals surface area contributed by atoms with Gasteiger partial charge in [0, 0.05) is 23.7 Å². The van der Waals surface area contributed by atoms with Crippen LogP contribution in [0.5, 0.6) is 0 Å². The van der Waals surface area contributed by atoms with Crippen LogP contribution in [0.3, 0.4) is 0 Å². The number of morpholine rings is 1. The van der Waals surface area contributed by atoms with E-state index in [0.717, 1.165) is 5.56 Å². The van der Waals surface area contributed by atoms with Crippen molar-refractivity contribution in [2.75, 3.05) is 31.6 Å². The lowest BCUT2D eigenvalue weighted by Gasteiger charge is -2.26.